The second-order valence-electron chi connectivity index (χ2n) is 5.65. The van der Waals surface area contributed by atoms with Crippen LogP contribution in [0.1, 0.15) is 38.7 Å². The fraction of sp³-hybridized carbons (Fsp3) is 0.625. The molecular formula is C16H25ClN2. The van der Waals surface area contributed by atoms with E-state index in [1.807, 2.05) is 0 Å². The van der Waals surface area contributed by atoms with E-state index < -0.39 is 0 Å². The van der Waals surface area contributed by atoms with Gasteiger partial charge in [-0.25, -0.2) is 0 Å². The second kappa shape index (κ2) is 6.62. The first-order valence-corrected chi connectivity index (χ1v) is 7.73. The Kier molecular flexibility index (Phi) is 5.12. The lowest BCUT2D eigenvalue weighted by atomic mass is 10.1. The molecular weight excluding hydrogens is 256 g/mol. The van der Waals surface area contributed by atoms with E-state index in [4.69, 9.17) is 11.6 Å². The molecule has 0 amide bonds. The summed E-state index contributed by atoms with van der Waals surface area (Å²) in [6.45, 7) is 6.43. The number of anilines is 1. The van der Waals surface area contributed by atoms with Crippen LogP contribution in [0, 0.1) is 5.92 Å². The summed E-state index contributed by atoms with van der Waals surface area (Å²) in [5.41, 5.74) is 2.41. The third kappa shape index (κ3) is 3.87. The van der Waals surface area contributed by atoms with Gasteiger partial charge in [0, 0.05) is 19.6 Å². The Hall–Kier alpha value is -0.730. The SMILES string of the molecule is CCCNCc1ccc(N(C)C(C)C2CC2)c(Cl)c1. The summed E-state index contributed by atoms with van der Waals surface area (Å²) in [5, 5.41) is 4.27. The van der Waals surface area contributed by atoms with Crippen LogP contribution < -0.4 is 10.2 Å². The van der Waals surface area contributed by atoms with E-state index in [-0.39, 0.29) is 0 Å². The van der Waals surface area contributed by atoms with Crippen LogP contribution in [-0.4, -0.2) is 19.6 Å². The van der Waals surface area contributed by atoms with Gasteiger partial charge >= 0.3 is 0 Å². The lowest BCUT2D eigenvalue weighted by molar-refractivity contribution is 0.609. The van der Waals surface area contributed by atoms with Gasteiger partial charge in [-0.05, 0) is 56.3 Å². The van der Waals surface area contributed by atoms with Crippen molar-refractivity contribution >= 4 is 17.3 Å². The molecule has 3 heteroatoms. The Labute approximate surface area is 122 Å². The Morgan fingerprint density at radius 3 is 2.74 bits per heavy atom. The minimum absolute atomic E-state index is 0.585. The summed E-state index contributed by atoms with van der Waals surface area (Å²) in [5.74, 6) is 0.854. The van der Waals surface area contributed by atoms with Crippen LogP contribution in [0.4, 0.5) is 5.69 Å². The van der Waals surface area contributed by atoms with Crippen LogP contribution in [0.5, 0.6) is 0 Å². The topological polar surface area (TPSA) is 15.3 Å². The lowest BCUT2D eigenvalue weighted by Gasteiger charge is -2.28. The van der Waals surface area contributed by atoms with Gasteiger partial charge in [0.15, 0.2) is 0 Å². The van der Waals surface area contributed by atoms with Crippen LogP contribution in [0.3, 0.4) is 0 Å². The van der Waals surface area contributed by atoms with Crippen LogP contribution in [0.15, 0.2) is 18.2 Å². The lowest BCUT2D eigenvalue weighted by Crippen LogP contribution is -2.30. The van der Waals surface area contributed by atoms with Gasteiger partial charge in [-0.1, -0.05) is 24.6 Å². The van der Waals surface area contributed by atoms with E-state index >= 15 is 0 Å². The highest BCUT2D eigenvalue weighted by Gasteiger charge is 2.31. The van der Waals surface area contributed by atoms with E-state index in [1.54, 1.807) is 0 Å². The highest BCUT2D eigenvalue weighted by Crippen LogP contribution is 2.38. The minimum atomic E-state index is 0.585. The van der Waals surface area contributed by atoms with Gasteiger partial charge in [-0.3, -0.25) is 0 Å². The molecule has 1 saturated carbocycles. The molecule has 2 nitrogen and oxygen atoms in total. The number of hydrogen-bond acceptors (Lipinski definition) is 2. The van der Waals surface area contributed by atoms with Gasteiger partial charge in [-0.15, -0.1) is 0 Å². The van der Waals surface area contributed by atoms with E-state index in [0.717, 1.165) is 36.1 Å². The average molecular weight is 281 g/mol. The van der Waals surface area contributed by atoms with Crippen LogP contribution in [0.2, 0.25) is 5.02 Å². The Bertz CT molecular complexity index is 415. The minimum Gasteiger partial charge on any atom is -0.370 e. The zero-order valence-electron chi connectivity index (χ0n) is 12.2. The molecule has 0 aromatic heterocycles. The Morgan fingerprint density at radius 1 is 1.42 bits per heavy atom. The van der Waals surface area contributed by atoms with Gasteiger partial charge in [0.2, 0.25) is 0 Å². The molecule has 0 radical (unpaired) electrons. The van der Waals surface area contributed by atoms with Crippen molar-refractivity contribution in [3.05, 3.63) is 28.8 Å². The zero-order valence-corrected chi connectivity index (χ0v) is 13.0. The normalized spacial score (nSPS) is 16.4. The predicted octanol–water partition coefficient (Wildman–Crippen LogP) is 4.07. The van der Waals surface area contributed by atoms with Crippen molar-refractivity contribution in [3.8, 4) is 0 Å². The molecule has 0 bridgehead atoms. The number of nitrogens with zero attached hydrogens (tertiary/aromatic N) is 1. The molecule has 1 aromatic carbocycles. The molecule has 1 unspecified atom stereocenters. The van der Waals surface area contributed by atoms with E-state index in [9.17, 15) is 0 Å². The largest absolute Gasteiger partial charge is 0.370 e. The molecule has 1 fully saturated rings. The number of rotatable bonds is 7. The number of nitrogens with one attached hydrogen (secondary N) is 1. The second-order valence-corrected chi connectivity index (χ2v) is 6.06. The van der Waals surface area contributed by atoms with E-state index in [0.29, 0.717) is 6.04 Å². The van der Waals surface area contributed by atoms with Crippen LogP contribution in [0.25, 0.3) is 0 Å². The summed E-state index contributed by atoms with van der Waals surface area (Å²) in [6, 6.07) is 7.02. The van der Waals surface area contributed by atoms with Crippen molar-refractivity contribution in [1.82, 2.24) is 5.32 Å². The number of benzene rings is 1. The molecule has 1 aromatic rings. The summed E-state index contributed by atoms with van der Waals surface area (Å²) in [4.78, 5) is 2.32. The quantitative estimate of drug-likeness (QED) is 0.757. The molecule has 1 aliphatic carbocycles. The molecule has 0 saturated heterocycles. The first kappa shape index (κ1) is 14.7. The van der Waals surface area contributed by atoms with Crippen LogP contribution >= 0.6 is 11.6 Å². The Morgan fingerprint density at radius 2 is 2.16 bits per heavy atom. The average Bonchev–Trinajstić information content (AvgIpc) is 3.22. The van der Waals surface area contributed by atoms with Gasteiger partial charge < -0.3 is 10.2 Å². The van der Waals surface area contributed by atoms with Gasteiger partial charge in [-0.2, -0.15) is 0 Å². The van der Waals surface area contributed by atoms with Crippen molar-refractivity contribution in [2.75, 3.05) is 18.5 Å². The molecule has 0 heterocycles. The fourth-order valence-corrected chi connectivity index (χ4v) is 2.81. The monoisotopic (exact) mass is 280 g/mol. The van der Waals surface area contributed by atoms with Gasteiger partial charge in [0.1, 0.15) is 0 Å². The highest BCUT2D eigenvalue weighted by molar-refractivity contribution is 6.33. The van der Waals surface area contributed by atoms with E-state index in [1.165, 1.54) is 18.4 Å². The summed E-state index contributed by atoms with van der Waals surface area (Å²) in [7, 11) is 2.15. The molecule has 19 heavy (non-hydrogen) atoms. The Balaban J connectivity index is 2.01. The van der Waals surface area contributed by atoms with E-state index in [2.05, 4.69) is 49.3 Å². The first-order chi connectivity index (χ1) is 9.13. The number of hydrogen-bond donors (Lipinski definition) is 1. The third-order valence-corrected chi connectivity index (χ3v) is 4.37. The molecule has 2 rings (SSSR count). The smallest absolute Gasteiger partial charge is 0.0642 e. The maximum atomic E-state index is 6.44. The fourth-order valence-electron chi connectivity index (χ4n) is 2.47. The maximum Gasteiger partial charge on any atom is 0.0642 e. The molecule has 0 aliphatic heterocycles. The maximum absolute atomic E-state index is 6.44. The molecule has 106 valence electrons. The molecule has 1 N–H and O–H groups in total. The summed E-state index contributed by atoms with van der Waals surface area (Å²) in [6.07, 6.45) is 3.89. The summed E-state index contributed by atoms with van der Waals surface area (Å²) >= 11 is 6.44. The zero-order chi connectivity index (χ0) is 13.8. The van der Waals surface area contributed by atoms with Crippen LogP contribution in [-0.2, 0) is 6.54 Å². The highest BCUT2D eigenvalue weighted by atomic mass is 35.5. The third-order valence-electron chi connectivity index (χ3n) is 4.06. The number of halogens is 1. The van der Waals surface area contributed by atoms with Crippen molar-refractivity contribution in [2.45, 2.75) is 45.7 Å². The van der Waals surface area contributed by atoms with Gasteiger partial charge in [0.05, 0.1) is 10.7 Å². The van der Waals surface area contributed by atoms with Crippen molar-refractivity contribution in [3.63, 3.8) is 0 Å². The first-order valence-electron chi connectivity index (χ1n) is 7.35. The predicted molar refractivity (Wildman–Crippen MR) is 84.0 cm³/mol. The standard InChI is InChI=1S/C16H25ClN2/c1-4-9-18-11-13-5-8-16(15(17)10-13)19(3)12(2)14-6-7-14/h5,8,10,12,14,18H,4,6-7,9,11H2,1-3H3. The van der Waals surface area contributed by atoms with Gasteiger partial charge in [0.25, 0.3) is 0 Å². The molecule has 1 atom stereocenters. The molecule has 1 aliphatic rings. The van der Waals surface area contributed by atoms with Crippen molar-refractivity contribution in [1.29, 1.82) is 0 Å². The van der Waals surface area contributed by atoms with Crippen molar-refractivity contribution < 1.29 is 0 Å². The summed E-state index contributed by atoms with van der Waals surface area (Å²) < 4.78 is 0. The molecule has 0 spiro atoms. The van der Waals surface area contributed by atoms with Crippen molar-refractivity contribution in [2.24, 2.45) is 5.92 Å².